The number of benzene rings is 1. The number of hydrogen-bond donors (Lipinski definition) is 2. The van der Waals surface area contributed by atoms with E-state index in [9.17, 15) is 14.7 Å². The normalized spacial score (nSPS) is 12.3. The number of nitrogens with one attached hydrogen (secondary N) is 1. The van der Waals surface area contributed by atoms with Gasteiger partial charge < -0.3 is 10.4 Å². The third kappa shape index (κ3) is 3.67. The highest BCUT2D eigenvalue weighted by molar-refractivity contribution is 6.07. The van der Waals surface area contributed by atoms with E-state index in [1.54, 1.807) is 30.8 Å². The van der Waals surface area contributed by atoms with E-state index in [2.05, 4.69) is 15.4 Å². The molecule has 140 valence electrons. The van der Waals surface area contributed by atoms with Crippen molar-refractivity contribution in [1.82, 2.24) is 20.1 Å². The standard InChI is InChI=1S/C20H22N4O3/c1-4-24-18-15(11-21-24)14(19(25)23-17(12(2)3)20(26)27)10-16(22-18)13-8-6-5-7-9-13/h5-12,17H,4H2,1-3H3,(H,23,25)(H,26,27). The van der Waals surface area contributed by atoms with Gasteiger partial charge >= 0.3 is 5.97 Å². The molecule has 0 fully saturated rings. The molecule has 0 aliphatic carbocycles. The summed E-state index contributed by atoms with van der Waals surface area (Å²) in [6, 6.07) is 10.3. The van der Waals surface area contributed by atoms with Crippen molar-refractivity contribution < 1.29 is 14.7 Å². The summed E-state index contributed by atoms with van der Waals surface area (Å²) in [6.07, 6.45) is 1.60. The zero-order valence-corrected chi connectivity index (χ0v) is 15.5. The van der Waals surface area contributed by atoms with Crippen molar-refractivity contribution in [3.8, 4) is 11.3 Å². The Kier molecular flexibility index (Phi) is 5.21. The molecule has 3 aromatic rings. The second-order valence-electron chi connectivity index (χ2n) is 6.65. The number of amides is 1. The van der Waals surface area contributed by atoms with Gasteiger partial charge in [-0.1, -0.05) is 44.2 Å². The fourth-order valence-corrected chi connectivity index (χ4v) is 2.96. The molecule has 7 heteroatoms. The van der Waals surface area contributed by atoms with Gasteiger partial charge in [-0.25, -0.2) is 14.5 Å². The van der Waals surface area contributed by atoms with Crippen LogP contribution in [0.1, 0.15) is 31.1 Å². The Labute approximate surface area is 157 Å². The molecule has 2 N–H and O–H groups in total. The lowest BCUT2D eigenvalue weighted by atomic mass is 10.0. The number of aromatic nitrogens is 3. The Morgan fingerprint density at radius 3 is 2.52 bits per heavy atom. The third-order valence-corrected chi connectivity index (χ3v) is 4.44. The van der Waals surface area contributed by atoms with Crippen molar-refractivity contribution in [2.24, 2.45) is 5.92 Å². The number of carboxylic acid groups (broad SMARTS) is 1. The molecule has 27 heavy (non-hydrogen) atoms. The molecule has 1 unspecified atom stereocenters. The number of hydrogen-bond acceptors (Lipinski definition) is 4. The molecule has 1 aromatic carbocycles. The van der Waals surface area contributed by atoms with Gasteiger partial charge in [-0.2, -0.15) is 5.10 Å². The minimum absolute atomic E-state index is 0.240. The number of aryl methyl sites for hydroxylation is 1. The van der Waals surface area contributed by atoms with Gasteiger partial charge in [-0.15, -0.1) is 0 Å². The quantitative estimate of drug-likeness (QED) is 0.699. The van der Waals surface area contributed by atoms with E-state index in [1.807, 2.05) is 37.3 Å². The lowest BCUT2D eigenvalue weighted by molar-refractivity contribution is -0.140. The van der Waals surface area contributed by atoms with E-state index in [-0.39, 0.29) is 5.92 Å². The fraction of sp³-hybridized carbons (Fsp3) is 0.300. The number of carbonyl (C=O) groups is 2. The molecule has 0 radical (unpaired) electrons. The Hall–Kier alpha value is -3.22. The molecule has 7 nitrogen and oxygen atoms in total. The van der Waals surface area contributed by atoms with Crippen LogP contribution in [0.3, 0.4) is 0 Å². The number of nitrogens with zero attached hydrogens (tertiary/aromatic N) is 3. The molecule has 0 aliphatic rings. The van der Waals surface area contributed by atoms with E-state index in [0.29, 0.717) is 28.8 Å². The predicted octanol–water partition coefficient (Wildman–Crippen LogP) is 2.96. The summed E-state index contributed by atoms with van der Waals surface area (Å²) >= 11 is 0. The molecule has 0 saturated heterocycles. The number of fused-ring (bicyclic) bond motifs is 1. The van der Waals surface area contributed by atoms with Crippen LogP contribution in [-0.4, -0.2) is 37.8 Å². The first kappa shape index (κ1) is 18.6. The topological polar surface area (TPSA) is 97.1 Å². The van der Waals surface area contributed by atoms with Crippen molar-refractivity contribution >= 4 is 22.9 Å². The van der Waals surface area contributed by atoms with Gasteiger partial charge in [-0.05, 0) is 18.9 Å². The van der Waals surface area contributed by atoms with Crippen molar-refractivity contribution in [3.63, 3.8) is 0 Å². The summed E-state index contributed by atoms with van der Waals surface area (Å²) in [4.78, 5) is 29.1. The van der Waals surface area contributed by atoms with Crippen LogP contribution in [0.4, 0.5) is 0 Å². The highest BCUT2D eigenvalue weighted by Crippen LogP contribution is 2.25. The smallest absolute Gasteiger partial charge is 0.326 e. The second kappa shape index (κ2) is 7.57. The Balaban J connectivity index is 2.12. The van der Waals surface area contributed by atoms with E-state index < -0.39 is 17.9 Å². The molecule has 1 amide bonds. The first-order valence-electron chi connectivity index (χ1n) is 8.88. The number of aliphatic carboxylic acids is 1. The van der Waals surface area contributed by atoms with Crippen LogP contribution in [0, 0.1) is 5.92 Å². The first-order valence-corrected chi connectivity index (χ1v) is 8.88. The largest absolute Gasteiger partial charge is 0.480 e. The average molecular weight is 366 g/mol. The number of carbonyl (C=O) groups excluding carboxylic acids is 1. The van der Waals surface area contributed by atoms with Crippen LogP contribution in [0.2, 0.25) is 0 Å². The zero-order valence-electron chi connectivity index (χ0n) is 15.5. The second-order valence-corrected chi connectivity index (χ2v) is 6.65. The lowest BCUT2D eigenvalue weighted by Crippen LogP contribution is -2.44. The van der Waals surface area contributed by atoms with Crippen LogP contribution in [-0.2, 0) is 11.3 Å². The minimum Gasteiger partial charge on any atom is -0.480 e. The van der Waals surface area contributed by atoms with Crippen LogP contribution >= 0.6 is 0 Å². The van der Waals surface area contributed by atoms with Crippen molar-refractivity contribution in [3.05, 3.63) is 48.2 Å². The third-order valence-electron chi connectivity index (χ3n) is 4.44. The van der Waals surface area contributed by atoms with E-state index in [1.165, 1.54) is 0 Å². The number of pyridine rings is 1. The highest BCUT2D eigenvalue weighted by atomic mass is 16.4. The van der Waals surface area contributed by atoms with E-state index in [0.717, 1.165) is 5.56 Å². The van der Waals surface area contributed by atoms with E-state index >= 15 is 0 Å². The van der Waals surface area contributed by atoms with Gasteiger partial charge in [0.05, 0.1) is 22.8 Å². The summed E-state index contributed by atoms with van der Waals surface area (Å²) in [5.41, 5.74) is 2.47. The molecule has 1 atom stereocenters. The maximum Gasteiger partial charge on any atom is 0.326 e. The predicted molar refractivity (Wildman–Crippen MR) is 102 cm³/mol. The summed E-state index contributed by atoms with van der Waals surface area (Å²) in [5, 5.41) is 16.9. The fourth-order valence-electron chi connectivity index (χ4n) is 2.96. The molecule has 0 aliphatic heterocycles. The lowest BCUT2D eigenvalue weighted by Gasteiger charge is -2.18. The average Bonchev–Trinajstić information content (AvgIpc) is 3.08. The number of rotatable bonds is 6. The summed E-state index contributed by atoms with van der Waals surface area (Å²) in [6.45, 7) is 6.07. The van der Waals surface area contributed by atoms with Gasteiger partial charge in [-0.3, -0.25) is 4.79 Å². The zero-order chi connectivity index (χ0) is 19.6. The SMILES string of the molecule is CCn1ncc2c(C(=O)NC(C(=O)O)C(C)C)cc(-c3ccccc3)nc21. The van der Waals surface area contributed by atoms with Gasteiger partial charge in [0.15, 0.2) is 5.65 Å². The molecule has 0 spiro atoms. The van der Waals surface area contributed by atoms with Crippen molar-refractivity contribution in [2.45, 2.75) is 33.4 Å². The molecule has 2 heterocycles. The van der Waals surface area contributed by atoms with Gasteiger partial charge in [0.2, 0.25) is 0 Å². The van der Waals surface area contributed by atoms with Gasteiger partial charge in [0.1, 0.15) is 6.04 Å². The monoisotopic (exact) mass is 366 g/mol. The summed E-state index contributed by atoms with van der Waals surface area (Å²) in [5.74, 6) is -1.75. The van der Waals surface area contributed by atoms with E-state index in [4.69, 9.17) is 0 Å². The molecule has 0 bridgehead atoms. The van der Waals surface area contributed by atoms with Crippen LogP contribution < -0.4 is 5.32 Å². The minimum atomic E-state index is -1.06. The Bertz CT molecular complexity index is 980. The molecule has 2 aromatic heterocycles. The van der Waals surface area contributed by atoms with Crippen LogP contribution in [0.15, 0.2) is 42.6 Å². The van der Waals surface area contributed by atoms with Crippen LogP contribution in [0.5, 0.6) is 0 Å². The van der Waals surface area contributed by atoms with Gasteiger partial charge in [0, 0.05) is 12.1 Å². The molecular weight excluding hydrogens is 344 g/mol. The van der Waals surface area contributed by atoms with Crippen LogP contribution in [0.25, 0.3) is 22.3 Å². The molecular formula is C20H22N4O3. The Morgan fingerprint density at radius 1 is 1.22 bits per heavy atom. The van der Waals surface area contributed by atoms with Gasteiger partial charge in [0.25, 0.3) is 5.91 Å². The first-order chi connectivity index (χ1) is 12.9. The summed E-state index contributed by atoms with van der Waals surface area (Å²) < 4.78 is 1.72. The van der Waals surface area contributed by atoms with Crippen molar-refractivity contribution in [2.75, 3.05) is 0 Å². The highest BCUT2D eigenvalue weighted by Gasteiger charge is 2.26. The number of carboxylic acids is 1. The molecule has 3 rings (SSSR count). The Morgan fingerprint density at radius 2 is 1.93 bits per heavy atom. The molecule has 0 saturated carbocycles. The van der Waals surface area contributed by atoms with Crippen molar-refractivity contribution in [1.29, 1.82) is 0 Å². The maximum absolute atomic E-state index is 12.9. The summed E-state index contributed by atoms with van der Waals surface area (Å²) in [7, 11) is 0. The maximum atomic E-state index is 12.9.